The van der Waals surface area contributed by atoms with Crippen molar-refractivity contribution in [2.45, 2.75) is 6.61 Å². The highest BCUT2D eigenvalue weighted by Gasteiger charge is 2.23. The lowest BCUT2D eigenvalue weighted by Gasteiger charge is -2.23. The second-order valence-electron chi connectivity index (χ2n) is 6.58. The second-order valence-corrected chi connectivity index (χ2v) is 6.58. The number of phenolic OH excluding ortho intramolecular Hbond substituents is 1. The number of pyridine rings is 1. The number of aromatic hydroxyl groups is 1. The molecule has 0 atom stereocenters. The summed E-state index contributed by atoms with van der Waals surface area (Å²) < 4.78 is 5.99. The van der Waals surface area contributed by atoms with E-state index in [9.17, 15) is 5.11 Å². The Labute approximate surface area is 157 Å². The third-order valence-corrected chi connectivity index (χ3v) is 4.87. The monoisotopic (exact) mass is 351 g/mol. The van der Waals surface area contributed by atoms with Crippen molar-refractivity contribution in [1.82, 2.24) is 4.98 Å². The third kappa shape index (κ3) is 2.74. The molecule has 2 heterocycles. The maximum Gasteiger partial charge on any atom is 0.129 e. The van der Waals surface area contributed by atoms with Gasteiger partial charge in [-0.15, -0.1) is 0 Å². The standard InChI is InChI=1S/C24H17NO2/c26-18-10-6-9-17(13-18)20-14-22(16-7-2-1-3-8-16)25-24-19-11-4-5-12-23(19)27-15-21(20)24/h1-14,26H,15H2. The SMILES string of the molecule is Oc1cccc(-c2cc(-c3ccccc3)nc3c2COc2ccccc2-3)c1. The fourth-order valence-electron chi connectivity index (χ4n) is 3.57. The van der Waals surface area contributed by atoms with Gasteiger partial charge in [-0.05, 0) is 41.5 Å². The van der Waals surface area contributed by atoms with Crippen LogP contribution < -0.4 is 4.74 Å². The molecule has 1 aromatic heterocycles. The minimum atomic E-state index is 0.247. The third-order valence-electron chi connectivity index (χ3n) is 4.87. The molecule has 0 radical (unpaired) electrons. The zero-order chi connectivity index (χ0) is 18.2. The van der Waals surface area contributed by atoms with Crippen molar-refractivity contribution in [2.75, 3.05) is 0 Å². The normalized spacial score (nSPS) is 12.0. The van der Waals surface area contributed by atoms with Crippen LogP contribution in [-0.4, -0.2) is 10.1 Å². The minimum Gasteiger partial charge on any atom is -0.508 e. The Balaban J connectivity index is 1.81. The molecule has 1 aliphatic rings. The smallest absolute Gasteiger partial charge is 0.129 e. The van der Waals surface area contributed by atoms with Gasteiger partial charge in [0.05, 0.1) is 11.4 Å². The molecule has 5 rings (SSSR count). The van der Waals surface area contributed by atoms with Gasteiger partial charge in [-0.3, -0.25) is 0 Å². The molecule has 0 bridgehead atoms. The first-order valence-corrected chi connectivity index (χ1v) is 8.90. The predicted octanol–water partition coefficient (Wildman–Crippen LogP) is 5.68. The van der Waals surface area contributed by atoms with Gasteiger partial charge in [-0.25, -0.2) is 4.98 Å². The van der Waals surface area contributed by atoms with Gasteiger partial charge < -0.3 is 9.84 Å². The number of aromatic nitrogens is 1. The molecular formula is C24H17NO2. The van der Waals surface area contributed by atoms with E-state index in [1.807, 2.05) is 54.6 Å². The molecule has 3 aromatic carbocycles. The van der Waals surface area contributed by atoms with Crippen molar-refractivity contribution in [3.63, 3.8) is 0 Å². The zero-order valence-electron chi connectivity index (χ0n) is 14.6. The molecule has 130 valence electrons. The summed E-state index contributed by atoms with van der Waals surface area (Å²) in [5, 5.41) is 9.98. The Kier molecular flexibility index (Phi) is 3.65. The Morgan fingerprint density at radius 1 is 0.741 bits per heavy atom. The van der Waals surface area contributed by atoms with E-state index in [1.54, 1.807) is 12.1 Å². The highest BCUT2D eigenvalue weighted by molar-refractivity contribution is 5.84. The van der Waals surface area contributed by atoms with Crippen molar-refractivity contribution in [1.29, 1.82) is 0 Å². The summed E-state index contributed by atoms with van der Waals surface area (Å²) in [5.41, 5.74) is 6.93. The topological polar surface area (TPSA) is 42.4 Å². The van der Waals surface area contributed by atoms with Crippen molar-refractivity contribution in [3.05, 3.63) is 90.5 Å². The van der Waals surface area contributed by atoms with E-state index >= 15 is 0 Å². The maximum absolute atomic E-state index is 9.98. The lowest BCUT2D eigenvalue weighted by molar-refractivity contribution is 0.302. The van der Waals surface area contributed by atoms with Crippen LogP contribution in [0.4, 0.5) is 0 Å². The first-order valence-electron chi connectivity index (χ1n) is 8.90. The van der Waals surface area contributed by atoms with E-state index in [0.29, 0.717) is 6.61 Å². The van der Waals surface area contributed by atoms with Crippen LogP contribution in [0.2, 0.25) is 0 Å². The van der Waals surface area contributed by atoms with Crippen molar-refractivity contribution >= 4 is 0 Å². The number of hydrogen-bond acceptors (Lipinski definition) is 3. The van der Waals surface area contributed by atoms with Crippen LogP contribution >= 0.6 is 0 Å². The fourth-order valence-corrected chi connectivity index (χ4v) is 3.57. The van der Waals surface area contributed by atoms with Gasteiger partial charge in [-0.2, -0.15) is 0 Å². The van der Waals surface area contributed by atoms with E-state index in [4.69, 9.17) is 9.72 Å². The molecule has 3 nitrogen and oxygen atoms in total. The van der Waals surface area contributed by atoms with Crippen molar-refractivity contribution in [3.8, 4) is 45.1 Å². The van der Waals surface area contributed by atoms with Crippen molar-refractivity contribution < 1.29 is 9.84 Å². The van der Waals surface area contributed by atoms with Crippen LogP contribution in [0, 0.1) is 0 Å². The summed E-state index contributed by atoms with van der Waals surface area (Å²) >= 11 is 0. The molecule has 1 aliphatic heterocycles. The van der Waals surface area contributed by atoms with Crippen LogP contribution in [0.5, 0.6) is 11.5 Å². The van der Waals surface area contributed by atoms with E-state index in [2.05, 4.69) is 18.2 Å². The Morgan fingerprint density at radius 2 is 1.52 bits per heavy atom. The van der Waals surface area contributed by atoms with Gasteiger partial charge >= 0.3 is 0 Å². The van der Waals surface area contributed by atoms with Crippen LogP contribution in [0.15, 0.2) is 84.9 Å². The molecule has 0 aliphatic carbocycles. The highest BCUT2D eigenvalue weighted by Crippen LogP contribution is 2.42. The second kappa shape index (κ2) is 6.29. The molecule has 0 amide bonds. The van der Waals surface area contributed by atoms with E-state index in [-0.39, 0.29) is 5.75 Å². The summed E-state index contributed by atoms with van der Waals surface area (Å²) in [6.45, 7) is 0.458. The quantitative estimate of drug-likeness (QED) is 0.505. The lowest BCUT2D eigenvalue weighted by Crippen LogP contribution is -2.09. The summed E-state index contributed by atoms with van der Waals surface area (Å²) in [4.78, 5) is 4.99. The first-order chi connectivity index (χ1) is 13.3. The molecular weight excluding hydrogens is 334 g/mol. The molecule has 0 spiro atoms. The zero-order valence-corrected chi connectivity index (χ0v) is 14.6. The number of rotatable bonds is 2. The van der Waals surface area contributed by atoms with Gasteiger partial charge in [0.2, 0.25) is 0 Å². The number of hydrogen-bond donors (Lipinski definition) is 1. The number of benzene rings is 3. The largest absolute Gasteiger partial charge is 0.508 e. The molecule has 0 unspecified atom stereocenters. The van der Waals surface area contributed by atoms with E-state index < -0.39 is 0 Å². The number of nitrogens with zero attached hydrogens (tertiary/aromatic N) is 1. The van der Waals surface area contributed by atoms with Crippen LogP contribution in [0.25, 0.3) is 33.6 Å². The van der Waals surface area contributed by atoms with Gasteiger partial charge in [0.15, 0.2) is 0 Å². The van der Waals surface area contributed by atoms with E-state index in [1.165, 1.54) is 0 Å². The number of phenols is 1. The Bertz CT molecular complexity index is 1140. The average molecular weight is 351 g/mol. The number of para-hydroxylation sites is 1. The summed E-state index contributed by atoms with van der Waals surface area (Å²) in [5.74, 6) is 1.10. The number of ether oxygens (including phenoxy) is 1. The summed E-state index contributed by atoms with van der Waals surface area (Å²) in [6, 6.07) is 27.6. The lowest BCUT2D eigenvalue weighted by atomic mass is 9.92. The average Bonchev–Trinajstić information content (AvgIpc) is 2.73. The predicted molar refractivity (Wildman–Crippen MR) is 107 cm³/mol. The number of fused-ring (bicyclic) bond motifs is 3. The fraction of sp³-hybridized carbons (Fsp3) is 0.0417. The first kappa shape index (κ1) is 15.6. The molecule has 3 heteroatoms. The molecule has 0 saturated carbocycles. The van der Waals surface area contributed by atoms with Crippen LogP contribution in [-0.2, 0) is 6.61 Å². The van der Waals surface area contributed by atoms with Gasteiger partial charge in [0, 0.05) is 16.7 Å². The summed E-state index contributed by atoms with van der Waals surface area (Å²) in [6.07, 6.45) is 0. The molecule has 1 N–H and O–H groups in total. The molecule has 4 aromatic rings. The van der Waals surface area contributed by atoms with Crippen molar-refractivity contribution in [2.24, 2.45) is 0 Å². The van der Waals surface area contributed by atoms with Gasteiger partial charge in [0.1, 0.15) is 18.1 Å². The molecule has 0 saturated heterocycles. The minimum absolute atomic E-state index is 0.247. The maximum atomic E-state index is 9.98. The Morgan fingerprint density at radius 3 is 2.37 bits per heavy atom. The molecule has 27 heavy (non-hydrogen) atoms. The Hall–Kier alpha value is -3.59. The van der Waals surface area contributed by atoms with Crippen LogP contribution in [0.1, 0.15) is 5.56 Å². The summed E-state index contributed by atoms with van der Waals surface area (Å²) in [7, 11) is 0. The highest BCUT2D eigenvalue weighted by atomic mass is 16.5. The van der Waals surface area contributed by atoms with Gasteiger partial charge in [0.25, 0.3) is 0 Å². The van der Waals surface area contributed by atoms with E-state index in [0.717, 1.165) is 45.0 Å². The molecule has 0 fully saturated rings. The van der Waals surface area contributed by atoms with Gasteiger partial charge in [-0.1, -0.05) is 54.6 Å². The van der Waals surface area contributed by atoms with Crippen LogP contribution in [0.3, 0.4) is 0 Å².